The zero-order valence-electron chi connectivity index (χ0n) is 42.5. The molecule has 0 N–H and O–H groups in total. The van der Waals surface area contributed by atoms with Crippen LogP contribution >= 0.6 is 0 Å². The van der Waals surface area contributed by atoms with Crippen molar-refractivity contribution in [1.29, 1.82) is 0 Å². The molecule has 18 rings (SSSR count). The van der Waals surface area contributed by atoms with E-state index in [4.69, 9.17) is 0 Å². The Morgan fingerprint density at radius 2 is 0.595 bits per heavy atom. The van der Waals surface area contributed by atoms with Gasteiger partial charge in [-0.15, -0.1) is 0 Å². The SMILES string of the molecule is C(=Cc1ccc(-n2c3ccccc3c3cc(C45CC6CC(CC(C6)C4)C5)ccc32)cc1)c1ccc(-c2ccc(C=Cc3ccc(-n4c5ccccc5c5cc(C67CC8CC(CC(C8)C6)C7)ccc54)cc3)cc2)cc1. The van der Waals surface area contributed by atoms with Crippen molar-refractivity contribution in [3.63, 3.8) is 0 Å². The number of nitrogens with zero attached hydrogens (tertiary/aromatic N) is 2. The van der Waals surface area contributed by atoms with Gasteiger partial charge in [-0.05, 0) is 229 Å². The maximum Gasteiger partial charge on any atom is 0.0541 e. The average Bonchev–Trinajstić information content (AvgIpc) is 3.95. The van der Waals surface area contributed by atoms with Gasteiger partial charge in [0.25, 0.3) is 0 Å². The second-order valence-electron chi connectivity index (χ2n) is 24.7. The summed E-state index contributed by atoms with van der Waals surface area (Å²) in [6.45, 7) is 0. The Labute approximate surface area is 436 Å². The lowest BCUT2D eigenvalue weighted by molar-refractivity contribution is -0.00524. The highest BCUT2D eigenvalue weighted by atomic mass is 15.0. The molecule has 8 aliphatic carbocycles. The molecule has 8 aromatic carbocycles. The number of rotatable bonds is 9. The van der Waals surface area contributed by atoms with E-state index in [0.29, 0.717) is 10.8 Å². The van der Waals surface area contributed by atoms with E-state index in [1.165, 1.54) is 165 Å². The van der Waals surface area contributed by atoms with Crippen LogP contribution in [0.4, 0.5) is 0 Å². The van der Waals surface area contributed by atoms with Crippen LogP contribution in [0.5, 0.6) is 0 Å². The maximum absolute atomic E-state index is 2.60. The van der Waals surface area contributed by atoms with Gasteiger partial charge in [0.05, 0.1) is 22.1 Å². The molecule has 0 aliphatic heterocycles. The summed E-state index contributed by atoms with van der Waals surface area (Å²) in [4.78, 5) is 0. The van der Waals surface area contributed by atoms with E-state index in [1.807, 2.05) is 0 Å². The summed E-state index contributed by atoms with van der Waals surface area (Å²) in [7, 11) is 0. The van der Waals surface area contributed by atoms with Crippen LogP contribution in [0.15, 0.2) is 182 Å². The number of benzene rings is 8. The summed E-state index contributed by atoms with van der Waals surface area (Å²) in [5.41, 5.74) is 18.9. The molecule has 0 saturated heterocycles. The Balaban J connectivity index is 0.591. The van der Waals surface area contributed by atoms with Gasteiger partial charge >= 0.3 is 0 Å². The molecule has 0 atom stereocenters. The molecule has 8 bridgehead atoms. The quantitative estimate of drug-likeness (QED) is 0.128. The molecular formula is C72H64N2. The number of hydrogen-bond acceptors (Lipinski definition) is 0. The highest BCUT2D eigenvalue weighted by Gasteiger charge is 2.53. The van der Waals surface area contributed by atoms with Crippen molar-refractivity contribution in [3.8, 4) is 22.5 Å². The fourth-order valence-electron chi connectivity index (χ4n) is 17.5. The van der Waals surface area contributed by atoms with E-state index in [9.17, 15) is 0 Å². The van der Waals surface area contributed by atoms with Gasteiger partial charge in [0.1, 0.15) is 0 Å². The highest BCUT2D eigenvalue weighted by molar-refractivity contribution is 6.10. The Morgan fingerprint density at radius 1 is 0.297 bits per heavy atom. The van der Waals surface area contributed by atoms with E-state index in [1.54, 1.807) is 11.1 Å². The summed E-state index contributed by atoms with van der Waals surface area (Å²) in [5.74, 6) is 5.69. The summed E-state index contributed by atoms with van der Waals surface area (Å²) in [6.07, 6.45) is 26.2. The van der Waals surface area contributed by atoms with Crippen molar-refractivity contribution in [1.82, 2.24) is 9.13 Å². The minimum atomic E-state index is 0.399. The van der Waals surface area contributed by atoms with Gasteiger partial charge < -0.3 is 9.13 Å². The minimum absolute atomic E-state index is 0.399. The molecule has 8 fully saturated rings. The standard InChI is InChI=1S/C72H64N2/c1-3-7-67-63(5-1)65-39-59(71-41-51-33-52(42-71)35-53(34-51)43-71)25-31-69(65)73(67)61-27-17-49(18-28-61)11-9-47-13-21-57(22-14-47)58-23-15-48(16-24-58)10-12-50-19-29-62(30-20-50)74-68-8-4-2-6-64(68)66-40-60(26-32-70(66)74)72-44-54-36-55(45-72)38-56(37-54)46-72/h1-32,39-40,51-56H,33-38,41-46H2. The molecule has 8 saturated carbocycles. The van der Waals surface area contributed by atoms with Crippen LogP contribution < -0.4 is 0 Å². The summed E-state index contributed by atoms with van der Waals surface area (Å²) < 4.78 is 4.95. The van der Waals surface area contributed by atoms with Crippen molar-refractivity contribution in [3.05, 3.63) is 215 Å². The third-order valence-electron chi connectivity index (χ3n) is 20.0. The van der Waals surface area contributed by atoms with Gasteiger partial charge in [0, 0.05) is 32.9 Å². The van der Waals surface area contributed by atoms with Crippen molar-refractivity contribution >= 4 is 67.9 Å². The molecule has 0 unspecified atom stereocenters. The Bertz CT molecular complexity index is 3540. The maximum atomic E-state index is 2.60. The van der Waals surface area contributed by atoms with Crippen molar-refractivity contribution in [2.75, 3.05) is 0 Å². The summed E-state index contributed by atoms with van der Waals surface area (Å²) >= 11 is 0. The van der Waals surface area contributed by atoms with E-state index in [2.05, 4.69) is 215 Å². The number of para-hydroxylation sites is 2. The zero-order valence-corrected chi connectivity index (χ0v) is 42.5. The first-order valence-electron chi connectivity index (χ1n) is 28.3. The van der Waals surface area contributed by atoms with Crippen LogP contribution in [0, 0.1) is 35.5 Å². The Hall–Kier alpha value is -7.16. The van der Waals surface area contributed by atoms with Crippen LogP contribution in [0.1, 0.15) is 110 Å². The van der Waals surface area contributed by atoms with Gasteiger partial charge in [-0.1, -0.05) is 146 Å². The lowest BCUT2D eigenvalue weighted by Gasteiger charge is -2.57. The molecule has 0 radical (unpaired) electrons. The molecule has 8 aliphatic rings. The van der Waals surface area contributed by atoms with Crippen molar-refractivity contribution in [2.24, 2.45) is 35.5 Å². The molecule has 2 nitrogen and oxygen atoms in total. The van der Waals surface area contributed by atoms with E-state index in [-0.39, 0.29) is 0 Å². The smallest absolute Gasteiger partial charge is 0.0541 e. The van der Waals surface area contributed by atoms with Gasteiger partial charge in [-0.25, -0.2) is 0 Å². The normalized spacial score (nSPS) is 26.8. The number of fused-ring (bicyclic) bond motifs is 6. The van der Waals surface area contributed by atoms with Crippen molar-refractivity contribution in [2.45, 2.75) is 87.9 Å². The summed E-state index contributed by atoms with van der Waals surface area (Å²) in [6, 6.07) is 69.2. The van der Waals surface area contributed by atoms with Crippen LogP contribution in [-0.2, 0) is 10.8 Å². The third kappa shape index (κ3) is 7.11. The Kier molecular flexibility index (Phi) is 9.75. The second kappa shape index (κ2) is 16.7. The van der Waals surface area contributed by atoms with Crippen LogP contribution in [0.25, 0.3) is 90.4 Å². The van der Waals surface area contributed by atoms with Gasteiger partial charge in [-0.2, -0.15) is 0 Å². The summed E-state index contributed by atoms with van der Waals surface area (Å²) in [5, 5.41) is 5.53. The van der Waals surface area contributed by atoms with E-state index >= 15 is 0 Å². The molecule has 0 amide bonds. The molecule has 2 aromatic heterocycles. The van der Waals surface area contributed by atoms with Crippen molar-refractivity contribution < 1.29 is 0 Å². The van der Waals surface area contributed by atoms with Gasteiger partial charge in [0.15, 0.2) is 0 Å². The van der Waals surface area contributed by atoms with E-state index < -0.39 is 0 Å². The molecule has 362 valence electrons. The second-order valence-corrected chi connectivity index (χ2v) is 24.7. The van der Waals surface area contributed by atoms with Gasteiger partial charge in [0.2, 0.25) is 0 Å². The predicted molar refractivity (Wildman–Crippen MR) is 311 cm³/mol. The third-order valence-corrected chi connectivity index (χ3v) is 20.0. The largest absolute Gasteiger partial charge is 0.309 e. The lowest BCUT2D eigenvalue weighted by atomic mass is 9.48. The highest BCUT2D eigenvalue weighted by Crippen LogP contribution is 2.62. The fourth-order valence-corrected chi connectivity index (χ4v) is 17.5. The topological polar surface area (TPSA) is 9.86 Å². The number of aromatic nitrogens is 2. The zero-order chi connectivity index (χ0) is 48.5. The Morgan fingerprint density at radius 3 is 0.932 bits per heavy atom. The van der Waals surface area contributed by atoms with Gasteiger partial charge in [-0.3, -0.25) is 0 Å². The van der Waals surface area contributed by atoms with Crippen LogP contribution in [0.3, 0.4) is 0 Å². The molecular weight excluding hydrogens is 893 g/mol. The molecule has 2 heterocycles. The first-order chi connectivity index (χ1) is 36.4. The van der Waals surface area contributed by atoms with E-state index in [0.717, 1.165) is 35.5 Å². The monoisotopic (exact) mass is 957 g/mol. The first kappa shape index (κ1) is 43.3. The van der Waals surface area contributed by atoms with Crippen LogP contribution in [-0.4, -0.2) is 9.13 Å². The first-order valence-corrected chi connectivity index (χ1v) is 28.3. The lowest BCUT2D eigenvalue weighted by Crippen LogP contribution is -2.48. The molecule has 0 spiro atoms. The molecule has 10 aromatic rings. The fraction of sp³-hybridized carbons (Fsp3) is 0.278. The molecule has 2 heteroatoms. The predicted octanol–water partition coefficient (Wildman–Crippen LogP) is 18.8. The minimum Gasteiger partial charge on any atom is -0.309 e. The van der Waals surface area contributed by atoms with Crippen LogP contribution in [0.2, 0.25) is 0 Å². The number of hydrogen-bond donors (Lipinski definition) is 0. The molecule has 74 heavy (non-hydrogen) atoms. The average molecular weight is 957 g/mol.